The van der Waals surface area contributed by atoms with Crippen molar-refractivity contribution < 1.29 is 0 Å². The van der Waals surface area contributed by atoms with E-state index in [0.29, 0.717) is 0 Å². The number of aryl methyl sites for hydroxylation is 1. The minimum absolute atomic E-state index is 0.779. The van der Waals surface area contributed by atoms with Gasteiger partial charge in [-0.2, -0.15) is 0 Å². The molecule has 0 aliphatic rings. The molecule has 0 saturated carbocycles. The van der Waals surface area contributed by atoms with E-state index < -0.39 is 0 Å². The number of hydrogen-bond donors (Lipinski definition) is 0. The van der Waals surface area contributed by atoms with Gasteiger partial charge in [-0.25, -0.2) is 9.97 Å². The first-order valence-electron chi connectivity index (χ1n) is 9.90. The predicted octanol–water partition coefficient (Wildman–Crippen LogP) is 7.00. The highest BCUT2D eigenvalue weighted by Gasteiger charge is 2.12. The van der Waals surface area contributed by atoms with Gasteiger partial charge in [-0.1, -0.05) is 72.3 Å². The van der Waals surface area contributed by atoms with E-state index in [9.17, 15) is 0 Å². The largest absolute Gasteiger partial charge is 0.233 e. The Balaban J connectivity index is 1.92. The lowest BCUT2D eigenvalue weighted by Gasteiger charge is -2.12. The summed E-state index contributed by atoms with van der Waals surface area (Å²) in [7, 11) is 0. The molecule has 4 aromatic rings. The molecule has 2 heteroatoms. The summed E-state index contributed by atoms with van der Waals surface area (Å²) in [6, 6.07) is 27.2. The second-order valence-corrected chi connectivity index (χ2v) is 7.20. The minimum Gasteiger partial charge on any atom is -0.233 e. The maximum Gasteiger partial charge on any atom is 0.160 e. The first-order valence-corrected chi connectivity index (χ1v) is 9.90. The van der Waals surface area contributed by atoms with Crippen LogP contribution in [0.2, 0.25) is 0 Å². The van der Waals surface area contributed by atoms with Crippen molar-refractivity contribution in [2.45, 2.75) is 20.8 Å². The van der Waals surface area contributed by atoms with Crippen LogP contribution in [-0.2, 0) is 0 Å². The summed E-state index contributed by atoms with van der Waals surface area (Å²) < 4.78 is 0. The van der Waals surface area contributed by atoms with Crippen LogP contribution in [0.1, 0.15) is 30.8 Å². The zero-order valence-corrected chi connectivity index (χ0v) is 17.1. The fraction of sp³-hybridized carbons (Fsp3) is 0.111. The third-order valence-electron chi connectivity index (χ3n) is 5.07. The second kappa shape index (κ2) is 8.24. The number of pyridine rings is 2. The molecule has 0 spiro atoms. The third-order valence-corrected chi connectivity index (χ3v) is 5.07. The van der Waals surface area contributed by atoms with E-state index in [-0.39, 0.29) is 0 Å². The summed E-state index contributed by atoms with van der Waals surface area (Å²) in [4.78, 5) is 9.72. The van der Waals surface area contributed by atoms with Crippen molar-refractivity contribution in [3.8, 4) is 11.1 Å². The van der Waals surface area contributed by atoms with Crippen LogP contribution >= 0.6 is 0 Å². The third kappa shape index (κ3) is 4.02. The Morgan fingerprint density at radius 2 is 1.52 bits per heavy atom. The molecule has 0 fully saturated rings. The first-order chi connectivity index (χ1) is 14.2. The lowest BCUT2D eigenvalue weighted by Crippen LogP contribution is -1.97. The predicted molar refractivity (Wildman–Crippen MR) is 123 cm³/mol. The number of rotatable bonds is 4. The standard InChI is InChI=1S/C27H24N2/c1-4-19(2)17-25(22-13-9-6-10-14-22)26-16-15-23-24(21-11-7-5-8-12-21)18-20(3)28-27(23)29-26/h4-18H,1-3H3/b19-4-,25-17-. The molecular formula is C27H24N2. The highest BCUT2D eigenvalue weighted by molar-refractivity contribution is 5.94. The van der Waals surface area contributed by atoms with Gasteiger partial charge in [0.05, 0.1) is 5.69 Å². The molecule has 0 N–H and O–H groups in total. The van der Waals surface area contributed by atoms with E-state index >= 15 is 0 Å². The molecule has 0 aliphatic carbocycles. The zero-order chi connectivity index (χ0) is 20.2. The Hall–Kier alpha value is -3.52. The maximum atomic E-state index is 4.98. The van der Waals surface area contributed by atoms with Gasteiger partial charge in [0.25, 0.3) is 0 Å². The van der Waals surface area contributed by atoms with Gasteiger partial charge in [0.2, 0.25) is 0 Å². The van der Waals surface area contributed by atoms with Crippen molar-refractivity contribution in [1.82, 2.24) is 9.97 Å². The fourth-order valence-corrected chi connectivity index (χ4v) is 3.47. The maximum absolute atomic E-state index is 4.98. The first kappa shape index (κ1) is 18.8. The van der Waals surface area contributed by atoms with E-state index in [0.717, 1.165) is 33.6 Å². The van der Waals surface area contributed by atoms with E-state index in [1.807, 2.05) is 19.1 Å². The van der Waals surface area contributed by atoms with Crippen LogP contribution in [0.4, 0.5) is 0 Å². The molecule has 0 radical (unpaired) electrons. The molecule has 142 valence electrons. The molecule has 4 rings (SSSR count). The average Bonchev–Trinajstić information content (AvgIpc) is 2.77. The van der Waals surface area contributed by atoms with E-state index in [2.05, 4.69) is 92.7 Å². The Bertz CT molecular complexity index is 1200. The van der Waals surface area contributed by atoms with Crippen LogP contribution in [0, 0.1) is 6.92 Å². The summed E-state index contributed by atoms with van der Waals surface area (Å²) in [5.74, 6) is 0. The molecule has 0 amide bonds. The van der Waals surface area contributed by atoms with Gasteiger partial charge in [-0.15, -0.1) is 0 Å². The van der Waals surface area contributed by atoms with Crippen molar-refractivity contribution in [1.29, 1.82) is 0 Å². The average molecular weight is 377 g/mol. The zero-order valence-electron chi connectivity index (χ0n) is 17.1. The molecule has 2 heterocycles. The molecule has 0 aliphatic heterocycles. The van der Waals surface area contributed by atoms with Gasteiger partial charge in [-0.05, 0) is 61.7 Å². The molecule has 0 unspecified atom stereocenters. The lowest BCUT2D eigenvalue weighted by molar-refractivity contribution is 1.19. The van der Waals surface area contributed by atoms with Crippen LogP contribution in [0.3, 0.4) is 0 Å². The highest BCUT2D eigenvalue weighted by Crippen LogP contribution is 2.30. The molecule has 0 atom stereocenters. The van der Waals surface area contributed by atoms with Crippen molar-refractivity contribution in [3.63, 3.8) is 0 Å². The van der Waals surface area contributed by atoms with Crippen molar-refractivity contribution in [2.24, 2.45) is 0 Å². The molecule has 29 heavy (non-hydrogen) atoms. The van der Waals surface area contributed by atoms with Crippen molar-refractivity contribution in [3.05, 3.63) is 114 Å². The Labute approximate surface area is 172 Å². The van der Waals surface area contributed by atoms with Crippen molar-refractivity contribution >= 4 is 16.6 Å². The quantitative estimate of drug-likeness (QED) is 0.358. The summed E-state index contributed by atoms with van der Waals surface area (Å²) in [5.41, 5.74) is 8.49. The second-order valence-electron chi connectivity index (χ2n) is 7.20. The van der Waals surface area contributed by atoms with Crippen LogP contribution < -0.4 is 0 Å². The molecular weight excluding hydrogens is 352 g/mol. The molecule has 2 aromatic carbocycles. The Kier molecular flexibility index (Phi) is 5.35. The number of hydrogen-bond acceptors (Lipinski definition) is 2. The van der Waals surface area contributed by atoms with Crippen LogP contribution in [0.15, 0.2) is 96.6 Å². The summed E-state index contributed by atoms with van der Waals surface area (Å²) >= 11 is 0. The van der Waals surface area contributed by atoms with E-state index in [4.69, 9.17) is 9.97 Å². The summed E-state index contributed by atoms with van der Waals surface area (Å²) in [5, 5.41) is 1.07. The van der Waals surface area contributed by atoms with Gasteiger partial charge in [0.1, 0.15) is 0 Å². The van der Waals surface area contributed by atoms with Gasteiger partial charge >= 0.3 is 0 Å². The Morgan fingerprint density at radius 3 is 2.21 bits per heavy atom. The van der Waals surface area contributed by atoms with Gasteiger partial charge in [0, 0.05) is 16.7 Å². The highest BCUT2D eigenvalue weighted by atomic mass is 14.9. The number of benzene rings is 2. The fourth-order valence-electron chi connectivity index (χ4n) is 3.47. The monoisotopic (exact) mass is 376 g/mol. The Morgan fingerprint density at radius 1 is 0.828 bits per heavy atom. The van der Waals surface area contributed by atoms with Crippen LogP contribution in [0.25, 0.3) is 27.7 Å². The molecule has 0 saturated heterocycles. The normalized spacial score (nSPS) is 12.4. The SMILES string of the molecule is C/C=C(C)\C=C(\c1ccccc1)c1ccc2c(-c3ccccc3)cc(C)nc2n1. The van der Waals surface area contributed by atoms with Crippen molar-refractivity contribution in [2.75, 3.05) is 0 Å². The smallest absolute Gasteiger partial charge is 0.160 e. The van der Waals surface area contributed by atoms with Gasteiger partial charge in [-0.3, -0.25) is 0 Å². The number of allylic oxidation sites excluding steroid dienone is 3. The minimum atomic E-state index is 0.779. The number of fused-ring (bicyclic) bond motifs is 1. The van der Waals surface area contributed by atoms with Crippen LogP contribution in [-0.4, -0.2) is 9.97 Å². The molecule has 2 nitrogen and oxygen atoms in total. The van der Waals surface area contributed by atoms with Gasteiger partial charge in [0.15, 0.2) is 5.65 Å². The number of aromatic nitrogens is 2. The van der Waals surface area contributed by atoms with E-state index in [1.165, 1.54) is 16.7 Å². The summed E-state index contributed by atoms with van der Waals surface area (Å²) in [6.45, 7) is 6.19. The number of nitrogens with zero attached hydrogens (tertiary/aromatic N) is 2. The molecule has 0 bridgehead atoms. The van der Waals surface area contributed by atoms with Gasteiger partial charge < -0.3 is 0 Å². The molecule has 2 aromatic heterocycles. The van der Waals surface area contributed by atoms with E-state index in [1.54, 1.807) is 0 Å². The lowest BCUT2D eigenvalue weighted by atomic mass is 9.98. The summed E-state index contributed by atoms with van der Waals surface area (Å²) in [6.07, 6.45) is 4.30. The van der Waals surface area contributed by atoms with Crippen LogP contribution in [0.5, 0.6) is 0 Å². The topological polar surface area (TPSA) is 25.8 Å².